The van der Waals surface area contributed by atoms with E-state index in [-0.39, 0.29) is 0 Å². The minimum Gasteiger partial charge on any atom is -0.302 e. The molecule has 1 saturated carbocycles. The predicted molar refractivity (Wildman–Crippen MR) is 50.8 cm³/mol. The van der Waals surface area contributed by atoms with Crippen LogP contribution >= 0.6 is 11.8 Å². The normalized spacial score (nSPS) is 44.7. The summed E-state index contributed by atoms with van der Waals surface area (Å²) in [5, 5.41) is 4.44. The van der Waals surface area contributed by atoms with Crippen molar-refractivity contribution in [1.82, 2.24) is 5.32 Å². The van der Waals surface area contributed by atoms with Crippen LogP contribution < -0.4 is 5.32 Å². The average molecular weight is 171 g/mol. The molecule has 1 nitrogen and oxygen atoms in total. The second-order valence-corrected chi connectivity index (χ2v) is 6.13. The van der Waals surface area contributed by atoms with E-state index in [1.165, 1.54) is 25.8 Å². The second-order valence-electron chi connectivity index (χ2n) is 4.19. The summed E-state index contributed by atoms with van der Waals surface area (Å²) in [5.41, 5.74) is 0. The standard InChI is InChI=1S/C9H17NS/c1-7-6-10-9(2,11-7)5-8-3-4-8/h7-8,10H,3-6H2,1-2H3. The lowest BCUT2D eigenvalue weighted by molar-refractivity contribution is 0.473. The Morgan fingerprint density at radius 1 is 1.55 bits per heavy atom. The molecule has 2 unspecified atom stereocenters. The third-order valence-electron chi connectivity index (χ3n) is 2.60. The van der Waals surface area contributed by atoms with E-state index in [9.17, 15) is 0 Å². The zero-order valence-electron chi connectivity index (χ0n) is 7.39. The van der Waals surface area contributed by atoms with Crippen molar-refractivity contribution in [3.05, 3.63) is 0 Å². The largest absolute Gasteiger partial charge is 0.302 e. The Morgan fingerprint density at radius 2 is 2.27 bits per heavy atom. The molecule has 1 saturated heterocycles. The monoisotopic (exact) mass is 171 g/mol. The smallest absolute Gasteiger partial charge is 0.0622 e. The summed E-state index contributed by atoms with van der Waals surface area (Å²) in [4.78, 5) is 0.417. The zero-order chi connectivity index (χ0) is 7.90. The number of hydrogen-bond acceptors (Lipinski definition) is 2. The first kappa shape index (κ1) is 7.93. The molecule has 2 heteroatoms. The summed E-state index contributed by atoms with van der Waals surface area (Å²) in [6.07, 6.45) is 4.35. The average Bonchev–Trinajstić information content (AvgIpc) is 2.62. The molecule has 0 aromatic carbocycles. The fraction of sp³-hybridized carbons (Fsp3) is 1.00. The first-order valence-electron chi connectivity index (χ1n) is 4.61. The van der Waals surface area contributed by atoms with Gasteiger partial charge in [0.2, 0.25) is 0 Å². The van der Waals surface area contributed by atoms with Gasteiger partial charge in [0.1, 0.15) is 0 Å². The Morgan fingerprint density at radius 3 is 2.73 bits per heavy atom. The molecule has 1 N–H and O–H groups in total. The highest BCUT2D eigenvalue weighted by Gasteiger charge is 2.38. The maximum Gasteiger partial charge on any atom is 0.0622 e. The molecule has 1 heterocycles. The molecular weight excluding hydrogens is 154 g/mol. The van der Waals surface area contributed by atoms with Gasteiger partial charge in [0.15, 0.2) is 0 Å². The molecule has 0 bridgehead atoms. The van der Waals surface area contributed by atoms with Crippen LogP contribution in [-0.2, 0) is 0 Å². The number of thioether (sulfide) groups is 1. The highest BCUT2D eigenvalue weighted by Crippen LogP contribution is 2.44. The molecule has 0 radical (unpaired) electrons. The van der Waals surface area contributed by atoms with Crippen LogP contribution in [0.2, 0.25) is 0 Å². The van der Waals surface area contributed by atoms with Crippen LogP contribution in [-0.4, -0.2) is 16.7 Å². The van der Waals surface area contributed by atoms with E-state index in [1.807, 2.05) is 0 Å². The second kappa shape index (κ2) is 2.67. The van der Waals surface area contributed by atoms with Crippen molar-refractivity contribution in [1.29, 1.82) is 0 Å². The molecule has 64 valence electrons. The summed E-state index contributed by atoms with van der Waals surface area (Å²) in [6.45, 7) is 5.88. The van der Waals surface area contributed by atoms with Gasteiger partial charge in [-0.1, -0.05) is 19.8 Å². The fourth-order valence-electron chi connectivity index (χ4n) is 1.88. The van der Waals surface area contributed by atoms with Gasteiger partial charge in [-0.3, -0.25) is 0 Å². The van der Waals surface area contributed by atoms with Gasteiger partial charge in [0, 0.05) is 11.8 Å². The molecule has 1 aliphatic carbocycles. The van der Waals surface area contributed by atoms with Crippen molar-refractivity contribution in [3.63, 3.8) is 0 Å². The number of nitrogens with one attached hydrogen (secondary N) is 1. The van der Waals surface area contributed by atoms with Gasteiger partial charge in [-0.15, -0.1) is 11.8 Å². The Labute approximate surface area is 73.3 Å². The van der Waals surface area contributed by atoms with Crippen LogP contribution in [0.25, 0.3) is 0 Å². The molecule has 0 amide bonds. The Kier molecular flexibility index (Phi) is 1.92. The van der Waals surface area contributed by atoms with Crippen molar-refractivity contribution >= 4 is 11.8 Å². The molecule has 2 rings (SSSR count). The van der Waals surface area contributed by atoms with Crippen LogP contribution in [0, 0.1) is 5.92 Å². The SMILES string of the molecule is CC1CNC(C)(CC2CC2)S1. The van der Waals surface area contributed by atoms with Gasteiger partial charge >= 0.3 is 0 Å². The lowest BCUT2D eigenvalue weighted by Gasteiger charge is -2.23. The topological polar surface area (TPSA) is 12.0 Å². The van der Waals surface area contributed by atoms with E-state index in [0.29, 0.717) is 4.87 Å². The van der Waals surface area contributed by atoms with E-state index in [0.717, 1.165) is 11.2 Å². The predicted octanol–water partition coefficient (Wildman–Crippen LogP) is 2.23. The van der Waals surface area contributed by atoms with E-state index in [1.54, 1.807) is 0 Å². The fourth-order valence-corrected chi connectivity index (χ4v) is 3.43. The Hall–Kier alpha value is 0.310. The van der Waals surface area contributed by atoms with E-state index in [2.05, 4.69) is 30.9 Å². The minimum atomic E-state index is 0.417. The molecule has 1 aliphatic heterocycles. The third-order valence-corrected chi connectivity index (χ3v) is 4.00. The molecule has 11 heavy (non-hydrogen) atoms. The quantitative estimate of drug-likeness (QED) is 0.684. The summed E-state index contributed by atoms with van der Waals surface area (Å²) < 4.78 is 0. The van der Waals surface area contributed by atoms with Crippen LogP contribution in [0.4, 0.5) is 0 Å². The maximum absolute atomic E-state index is 3.62. The first-order chi connectivity index (χ1) is 5.18. The molecule has 2 atom stereocenters. The molecule has 2 fully saturated rings. The summed E-state index contributed by atoms with van der Waals surface area (Å²) >= 11 is 2.13. The molecule has 0 spiro atoms. The van der Waals surface area contributed by atoms with Crippen LogP contribution in [0.15, 0.2) is 0 Å². The lowest BCUT2D eigenvalue weighted by atomic mass is 10.1. The van der Waals surface area contributed by atoms with E-state index in [4.69, 9.17) is 0 Å². The van der Waals surface area contributed by atoms with Crippen LogP contribution in [0.3, 0.4) is 0 Å². The van der Waals surface area contributed by atoms with Gasteiger partial charge in [0.25, 0.3) is 0 Å². The van der Waals surface area contributed by atoms with Gasteiger partial charge in [0.05, 0.1) is 4.87 Å². The van der Waals surface area contributed by atoms with Gasteiger partial charge < -0.3 is 5.32 Å². The number of rotatable bonds is 2. The van der Waals surface area contributed by atoms with Crippen LogP contribution in [0.5, 0.6) is 0 Å². The Bertz CT molecular complexity index is 156. The van der Waals surface area contributed by atoms with Crippen LogP contribution in [0.1, 0.15) is 33.1 Å². The van der Waals surface area contributed by atoms with Crippen molar-refractivity contribution < 1.29 is 0 Å². The third kappa shape index (κ3) is 1.91. The maximum atomic E-state index is 3.62. The summed E-state index contributed by atoms with van der Waals surface area (Å²) in [6, 6.07) is 0. The Balaban J connectivity index is 1.87. The van der Waals surface area contributed by atoms with Crippen molar-refractivity contribution in [3.8, 4) is 0 Å². The summed E-state index contributed by atoms with van der Waals surface area (Å²) in [5.74, 6) is 1.05. The van der Waals surface area contributed by atoms with E-state index < -0.39 is 0 Å². The number of hydrogen-bond donors (Lipinski definition) is 1. The van der Waals surface area contributed by atoms with Crippen molar-refractivity contribution in [2.45, 2.75) is 43.2 Å². The first-order valence-corrected chi connectivity index (χ1v) is 5.49. The van der Waals surface area contributed by atoms with Gasteiger partial charge in [-0.25, -0.2) is 0 Å². The van der Waals surface area contributed by atoms with Crippen molar-refractivity contribution in [2.75, 3.05) is 6.54 Å². The molecule has 0 aromatic rings. The zero-order valence-corrected chi connectivity index (χ0v) is 8.21. The van der Waals surface area contributed by atoms with Gasteiger partial charge in [-0.05, 0) is 19.3 Å². The van der Waals surface area contributed by atoms with Crippen molar-refractivity contribution in [2.24, 2.45) is 5.92 Å². The molecule has 0 aromatic heterocycles. The lowest BCUT2D eigenvalue weighted by Crippen LogP contribution is -2.34. The molecule has 2 aliphatic rings. The summed E-state index contributed by atoms with van der Waals surface area (Å²) in [7, 11) is 0. The highest BCUT2D eigenvalue weighted by atomic mass is 32.2. The van der Waals surface area contributed by atoms with E-state index >= 15 is 0 Å². The minimum absolute atomic E-state index is 0.417. The van der Waals surface area contributed by atoms with Gasteiger partial charge in [-0.2, -0.15) is 0 Å². The molecular formula is C9H17NS. The highest BCUT2D eigenvalue weighted by molar-refractivity contribution is 8.01.